The summed E-state index contributed by atoms with van der Waals surface area (Å²) in [5.41, 5.74) is 1.94. The zero-order valence-electron chi connectivity index (χ0n) is 11.5. The lowest BCUT2D eigenvalue weighted by Gasteiger charge is -2.07. The monoisotopic (exact) mass is 374 g/mol. The molecule has 0 aliphatic carbocycles. The van der Waals surface area contributed by atoms with Crippen molar-refractivity contribution in [1.29, 1.82) is 0 Å². The summed E-state index contributed by atoms with van der Waals surface area (Å²) in [6.45, 7) is 4.60. The van der Waals surface area contributed by atoms with Crippen molar-refractivity contribution in [3.05, 3.63) is 39.2 Å². The highest BCUT2D eigenvalue weighted by molar-refractivity contribution is 9.10. The molecule has 1 heterocycles. The number of benzene rings is 1. The third-order valence-electron chi connectivity index (χ3n) is 2.78. The van der Waals surface area contributed by atoms with E-state index in [1.165, 1.54) is 6.07 Å². The molecule has 0 fully saturated rings. The van der Waals surface area contributed by atoms with E-state index in [9.17, 15) is 4.39 Å². The summed E-state index contributed by atoms with van der Waals surface area (Å²) < 4.78 is 16.5. The standard InChI is InChI=1S/C13H13BrClFN2.CO2/c1-3-11-12(15)13(18(4-2)17-11)9-6-5-8(14)7-10(9)16;2-1-3/h5-7H,3-4H2,1-2H3;. The van der Waals surface area contributed by atoms with Crippen molar-refractivity contribution in [2.24, 2.45) is 0 Å². The summed E-state index contributed by atoms with van der Waals surface area (Å²) in [5.74, 6) is -0.302. The van der Waals surface area contributed by atoms with Gasteiger partial charge in [-0.2, -0.15) is 14.7 Å². The van der Waals surface area contributed by atoms with Gasteiger partial charge in [-0.25, -0.2) is 4.39 Å². The highest BCUT2D eigenvalue weighted by Gasteiger charge is 2.18. The van der Waals surface area contributed by atoms with Gasteiger partial charge in [-0.3, -0.25) is 4.68 Å². The van der Waals surface area contributed by atoms with Crippen LogP contribution < -0.4 is 0 Å². The van der Waals surface area contributed by atoms with Crippen LogP contribution in [0.1, 0.15) is 19.5 Å². The van der Waals surface area contributed by atoms with Crippen LogP contribution in [-0.2, 0) is 22.6 Å². The Morgan fingerprint density at radius 1 is 1.38 bits per heavy atom. The molecule has 0 N–H and O–H groups in total. The molecule has 2 aromatic rings. The molecule has 0 aliphatic rings. The van der Waals surface area contributed by atoms with E-state index in [0.717, 1.165) is 12.1 Å². The van der Waals surface area contributed by atoms with Gasteiger partial charge in [-0.1, -0.05) is 34.5 Å². The van der Waals surface area contributed by atoms with E-state index in [2.05, 4.69) is 21.0 Å². The molecule has 0 spiro atoms. The fraction of sp³-hybridized carbons (Fsp3) is 0.286. The molecular weight excluding hydrogens is 363 g/mol. The fourth-order valence-corrected chi connectivity index (χ4v) is 2.59. The lowest BCUT2D eigenvalue weighted by Crippen LogP contribution is -2.00. The summed E-state index contributed by atoms with van der Waals surface area (Å²) in [4.78, 5) is 16.2. The Labute approximate surface area is 135 Å². The second-order valence-electron chi connectivity index (χ2n) is 3.99. The largest absolute Gasteiger partial charge is 0.373 e. The lowest BCUT2D eigenvalue weighted by molar-refractivity contribution is -0.191. The molecule has 21 heavy (non-hydrogen) atoms. The zero-order valence-corrected chi connectivity index (χ0v) is 13.8. The third kappa shape index (κ3) is 4.00. The third-order valence-corrected chi connectivity index (χ3v) is 3.67. The number of carbonyl (C=O) groups excluding carboxylic acids is 2. The molecule has 4 nitrogen and oxygen atoms in total. The maximum atomic E-state index is 14.0. The summed E-state index contributed by atoms with van der Waals surface area (Å²) >= 11 is 9.54. The number of halogens is 3. The van der Waals surface area contributed by atoms with Crippen LogP contribution in [0.3, 0.4) is 0 Å². The molecule has 2 rings (SSSR count). The van der Waals surface area contributed by atoms with Crippen molar-refractivity contribution in [1.82, 2.24) is 9.78 Å². The van der Waals surface area contributed by atoms with E-state index in [4.69, 9.17) is 21.2 Å². The van der Waals surface area contributed by atoms with Gasteiger partial charge in [0.05, 0.1) is 16.4 Å². The average molecular weight is 376 g/mol. The van der Waals surface area contributed by atoms with E-state index < -0.39 is 0 Å². The quantitative estimate of drug-likeness (QED) is 0.811. The number of hydrogen-bond acceptors (Lipinski definition) is 3. The molecule has 0 bridgehead atoms. The Morgan fingerprint density at radius 3 is 2.48 bits per heavy atom. The zero-order chi connectivity index (χ0) is 16.0. The smallest absolute Gasteiger partial charge is 0.263 e. The molecule has 1 aromatic carbocycles. The molecule has 112 valence electrons. The van der Waals surface area contributed by atoms with Crippen LogP contribution >= 0.6 is 27.5 Å². The lowest BCUT2D eigenvalue weighted by atomic mass is 10.1. The van der Waals surface area contributed by atoms with Crippen LogP contribution in [0.25, 0.3) is 11.3 Å². The van der Waals surface area contributed by atoms with Crippen molar-refractivity contribution in [3.63, 3.8) is 0 Å². The minimum absolute atomic E-state index is 0.250. The summed E-state index contributed by atoms with van der Waals surface area (Å²) in [6.07, 6.45) is 0.983. The normalized spacial score (nSPS) is 9.76. The van der Waals surface area contributed by atoms with E-state index in [0.29, 0.717) is 27.3 Å². The topological polar surface area (TPSA) is 52.0 Å². The number of nitrogens with zero attached hydrogens (tertiary/aromatic N) is 2. The molecule has 7 heteroatoms. The Bertz CT molecular complexity index is 667. The van der Waals surface area contributed by atoms with E-state index >= 15 is 0 Å². The Kier molecular flexibility index (Phi) is 6.75. The molecule has 0 amide bonds. The van der Waals surface area contributed by atoms with Gasteiger partial charge in [0.25, 0.3) is 0 Å². The van der Waals surface area contributed by atoms with Gasteiger partial charge in [0, 0.05) is 16.6 Å². The van der Waals surface area contributed by atoms with Crippen molar-refractivity contribution >= 4 is 33.7 Å². The molecule has 0 aliphatic heterocycles. The number of rotatable bonds is 3. The van der Waals surface area contributed by atoms with E-state index in [1.807, 2.05) is 13.8 Å². The van der Waals surface area contributed by atoms with Crippen LogP contribution in [0, 0.1) is 5.82 Å². The van der Waals surface area contributed by atoms with Crippen molar-refractivity contribution in [2.75, 3.05) is 0 Å². The van der Waals surface area contributed by atoms with Crippen molar-refractivity contribution in [3.8, 4) is 11.3 Å². The molecule has 1 aromatic heterocycles. The maximum absolute atomic E-state index is 14.0. The predicted molar refractivity (Wildman–Crippen MR) is 80.4 cm³/mol. The van der Waals surface area contributed by atoms with Crippen LogP contribution in [0.5, 0.6) is 0 Å². The minimum atomic E-state index is -0.302. The second kappa shape index (κ2) is 8.08. The van der Waals surface area contributed by atoms with E-state index in [-0.39, 0.29) is 12.0 Å². The molecule has 0 saturated heterocycles. The number of hydrogen-bond donors (Lipinski definition) is 0. The summed E-state index contributed by atoms with van der Waals surface area (Å²) in [6, 6.07) is 4.95. The molecule has 0 saturated carbocycles. The first-order chi connectivity index (χ1) is 9.99. The average Bonchev–Trinajstić information content (AvgIpc) is 2.76. The fourth-order valence-electron chi connectivity index (χ4n) is 1.88. The van der Waals surface area contributed by atoms with Crippen molar-refractivity contribution < 1.29 is 14.0 Å². The second-order valence-corrected chi connectivity index (χ2v) is 5.28. The van der Waals surface area contributed by atoms with E-state index in [1.54, 1.807) is 16.8 Å². The SMILES string of the molecule is CCc1nn(CC)c(-c2ccc(Br)cc2F)c1Cl.O=C=O. The van der Waals surface area contributed by atoms with Gasteiger partial charge in [-0.15, -0.1) is 0 Å². The Morgan fingerprint density at radius 2 is 2.00 bits per heavy atom. The predicted octanol–water partition coefficient (Wildman–Crippen LogP) is 4.10. The van der Waals surface area contributed by atoms with Gasteiger partial charge in [0.15, 0.2) is 0 Å². The minimum Gasteiger partial charge on any atom is -0.263 e. The first-order valence-corrected chi connectivity index (χ1v) is 7.37. The van der Waals surface area contributed by atoms with Crippen LogP contribution in [0.15, 0.2) is 22.7 Å². The van der Waals surface area contributed by atoms with Crippen LogP contribution in [-0.4, -0.2) is 15.9 Å². The van der Waals surface area contributed by atoms with Gasteiger partial charge < -0.3 is 0 Å². The van der Waals surface area contributed by atoms with Gasteiger partial charge >= 0.3 is 6.15 Å². The molecular formula is C14H13BrClFN2O2. The Hall–Kier alpha value is -1.49. The van der Waals surface area contributed by atoms with Gasteiger partial charge in [0.1, 0.15) is 5.82 Å². The highest BCUT2D eigenvalue weighted by Crippen LogP contribution is 2.33. The highest BCUT2D eigenvalue weighted by atomic mass is 79.9. The molecule has 0 atom stereocenters. The first-order valence-electron chi connectivity index (χ1n) is 6.19. The Balaban J connectivity index is 0.000000677. The molecule has 0 radical (unpaired) electrons. The van der Waals surface area contributed by atoms with Gasteiger partial charge in [0.2, 0.25) is 0 Å². The summed E-state index contributed by atoms with van der Waals surface area (Å²) in [5, 5.41) is 4.94. The summed E-state index contributed by atoms with van der Waals surface area (Å²) in [7, 11) is 0. The van der Waals surface area contributed by atoms with Crippen LogP contribution in [0.4, 0.5) is 4.39 Å². The maximum Gasteiger partial charge on any atom is 0.373 e. The number of aryl methyl sites for hydroxylation is 2. The van der Waals surface area contributed by atoms with Crippen LogP contribution in [0.2, 0.25) is 5.02 Å². The van der Waals surface area contributed by atoms with Gasteiger partial charge in [-0.05, 0) is 31.5 Å². The number of aromatic nitrogens is 2. The first kappa shape index (κ1) is 17.6. The molecule has 0 unspecified atom stereocenters. The van der Waals surface area contributed by atoms with Crippen molar-refractivity contribution in [2.45, 2.75) is 26.8 Å².